The van der Waals surface area contributed by atoms with Gasteiger partial charge in [-0.15, -0.1) is 0 Å². The molecule has 10 heteroatoms. The van der Waals surface area contributed by atoms with E-state index in [0.717, 1.165) is 11.1 Å². The zero-order valence-electron chi connectivity index (χ0n) is 24.7. The van der Waals surface area contributed by atoms with Crippen LogP contribution in [-0.4, -0.2) is 47.7 Å². The van der Waals surface area contributed by atoms with Gasteiger partial charge in [-0.2, -0.15) is 4.98 Å². The second-order valence-corrected chi connectivity index (χ2v) is 11.0. The fraction of sp³-hybridized carbons (Fsp3) is 0.312. The molecule has 1 aromatic heterocycles. The number of fused-ring (bicyclic) bond motifs is 1. The van der Waals surface area contributed by atoms with Gasteiger partial charge >= 0.3 is 11.7 Å². The normalized spacial score (nSPS) is 12.0. The summed E-state index contributed by atoms with van der Waals surface area (Å²) >= 11 is 0. The standard InChI is InChI=1S/C32H36N4O6/c1-20-24(35-31(39)42-32(2,3)4)16-17-25-27(20)29(38)41-30(33-25)34-26(18-21-12-14-23(40-6)15-13-21)28(37)36(5)19-22-10-8-7-9-11-22/h7-17,26H,18-19H2,1-6H3,(H,33,34)(H,35,39)/t26-/m0/s1. The number of amides is 2. The number of nitrogens with one attached hydrogen (secondary N) is 2. The van der Waals surface area contributed by atoms with E-state index >= 15 is 0 Å². The van der Waals surface area contributed by atoms with Gasteiger partial charge < -0.3 is 24.1 Å². The third-order valence-corrected chi connectivity index (χ3v) is 6.53. The van der Waals surface area contributed by atoms with Gasteiger partial charge in [0.25, 0.3) is 6.01 Å². The summed E-state index contributed by atoms with van der Waals surface area (Å²) < 4.78 is 16.1. The van der Waals surface area contributed by atoms with Crippen molar-refractivity contribution in [3.63, 3.8) is 0 Å². The van der Waals surface area contributed by atoms with Crippen molar-refractivity contribution in [2.24, 2.45) is 0 Å². The summed E-state index contributed by atoms with van der Waals surface area (Å²) in [5.74, 6) is 0.501. The van der Waals surface area contributed by atoms with E-state index in [9.17, 15) is 14.4 Å². The Bertz CT molecular complexity index is 1610. The second-order valence-electron chi connectivity index (χ2n) is 11.0. The molecule has 0 bridgehead atoms. The number of likely N-dealkylation sites (N-methyl/N-ethyl adjacent to an activating group) is 1. The molecule has 0 spiro atoms. The zero-order chi connectivity index (χ0) is 30.4. The molecule has 3 aromatic carbocycles. The molecular weight excluding hydrogens is 536 g/mol. The van der Waals surface area contributed by atoms with E-state index in [1.807, 2.05) is 54.6 Å². The number of ether oxygens (including phenoxy) is 2. The zero-order valence-corrected chi connectivity index (χ0v) is 24.7. The van der Waals surface area contributed by atoms with Crippen LogP contribution in [0, 0.1) is 6.92 Å². The Morgan fingerprint density at radius 2 is 1.69 bits per heavy atom. The fourth-order valence-corrected chi connectivity index (χ4v) is 4.48. The Balaban J connectivity index is 1.62. The van der Waals surface area contributed by atoms with Gasteiger partial charge in [0.05, 0.1) is 18.0 Å². The first kappa shape index (κ1) is 30.1. The Morgan fingerprint density at radius 3 is 2.33 bits per heavy atom. The maximum Gasteiger partial charge on any atom is 0.412 e. The van der Waals surface area contributed by atoms with E-state index in [1.54, 1.807) is 58.9 Å². The van der Waals surface area contributed by atoms with E-state index < -0.39 is 23.4 Å². The van der Waals surface area contributed by atoms with Crippen molar-refractivity contribution in [1.82, 2.24) is 9.88 Å². The van der Waals surface area contributed by atoms with Gasteiger partial charge in [0.15, 0.2) is 0 Å². The van der Waals surface area contributed by atoms with Crippen molar-refractivity contribution >= 4 is 34.6 Å². The highest BCUT2D eigenvalue weighted by Gasteiger charge is 2.25. The van der Waals surface area contributed by atoms with Gasteiger partial charge in [-0.25, -0.2) is 9.59 Å². The first-order valence-electron chi connectivity index (χ1n) is 13.6. The van der Waals surface area contributed by atoms with E-state index in [1.165, 1.54) is 0 Å². The van der Waals surface area contributed by atoms with Crippen LogP contribution in [0.1, 0.15) is 37.5 Å². The summed E-state index contributed by atoms with van der Waals surface area (Å²) in [5, 5.41) is 5.95. The molecule has 1 atom stereocenters. The number of rotatable bonds is 9. The topological polar surface area (TPSA) is 123 Å². The van der Waals surface area contributed by atoms with Crippen LogP contribution in [0.2, 0.25) is 0 Å². The summed E-state index contributed by atoms with van der Waals surface area (Å²) in [6.45, 7) is 7.38. The van der Waals surface area contributed by atoms with Crippen molar-refractivity contribution < 1.29 is 23.5 Å². The van der Waals surface area contributed by atoms with Crippen LogP contribution >= 0.6 is 0 Å². The maximum absolute atomic E-state index is 13.7. The van der Waals surface area contributed by atoms with Crippen LogP contribution in [0.3, 0.4) is 0 Å². The Morgan fingerprint density at radius 1 is 1.00 bits per heavy atom. The Labute approximate surface area is 244 Å². The lowest BCUT2D eigenvalue weighted by atomic mass is 10.0. The molecule has 0 aliphatic carbocycles. The minimum atomic E-state index is -0.783. The molecular formula is C32H36N4O6. The van der Waals surface area contributed by atoms with Crippen molar-refractivity contribution in [3.8, 4) is 5.75 Å². The molecule has 1 heterocycles. The second kappa shape index (κ2) is 12.8. The van der Waals surface area contributed by atoms with E-state index in [2.05, 4.69) is 15.6 Å². The first-order chi connectivity index (χ1) is 19.9. The van der Waals surface area contributed by atoms with Crippen LogP contribution in [0.25, 0.3) is 10.9 Å². The molecule has 0 saturated heterocycles. The van der Waals surface area contributed by atoms with Crippen molar-refractivity contribution in [3.05, 3.63) is 93.8 Å². The number of anilines is 2. The SMILES string of the molecule is COc1ccc(C[C@H](Nc2nc3ccc(NC(=O)OC(C)(C)C)c(C)c3c(=O)o2)C(=O)N(C)Cc2ccccc2)cc1. The lowest BCUT2D eigenvalue weighted by molar-refractivity contribution is -0.131. The third kappa shape index (κ3) is 7.66. The molecule has 10 nitrogen and oxygen atoms in total. The molecule has 4 aromatic rings. The third-order valence-electron chi connectivity index (χ3n) is 6.53. The number of hydrogen-bond acceptors (Lipinski definition) is 8. The van der Waals surface area contributed by atoms with E-state index in [4.69, 9.17) is 13.9 Å². The minimum Gasteiger partial charge on any atom is -0.497 e. The van der Waals surface area contributed by atoms with Gasteiger partial charge in [0, 0.05) is 25.7 Å². The van der Waals surface area contributed by atoms with E-state index in [-0.39, 0.29) is 17.3 Å². The fourth-order valence-electron chi connectivity index (χ4n) is 4.48. The Kier molecular flexibility index (Phi) is 9.15. The van der Waals surface area contributed by atoms with Gasteiger partial charge in [-0.1, -0.05) is 42.5 Å². The lowest BCUT2D eigenvalue weighted by Gasteiger charge is -2.25. The van der Waals surface area contributed by atoms with Crippen LogP contribution < -0.4 is 21.0 Å². The summed E-state index contributed by atoms with van der Waals surface area (Å²) in [6.07, 6.45) is -0.330. The van der Waals surface area contributed by atoms with Crippen LogP contribution in [0.4, 0.5) is 16.5 Å². The average molecular weight is 573 g/mol. The van der Waals surface area contributed by atoms with Gasteiger partial charge in [-0.05, 0) is 68.7 Å². The molecule has 0 fully saturated rings. The molecule has 0 aliphatic heterocycles. The number of benzene rings is 3. The van der Waals surface area contributed by atoms with Crippen molar-refractivity contribution in [2.75, 3.05) is 24.8 Å². The predicted octanol–water partition coefficient (Wildman–Crippen LogP) is 5.53. The number of carbonyl (C=O) groups is 2. The van der Waals surface area contributed by atoms with Crippen LogP contribution in [0.15, 0.2) is 75.9 Å². The quantitative estimate of drug-likeness (QED) is 0.268. The average Bonchev–Trinajstić information content (AvgIpc) is 2.93. The number of methoxy groups -OCH3 is 1. The highest BCUT2D eigenvalue weighted by molar-refractivity contribution is 5.93. The summed E-state index contributed by atoms with van der Waals surface area (Å²) in [7, 11) is 3.32. The first-order valence-corrected chi connectivity index (χ1v) is 13.6. The minimum absolute atomic E-state index is 0.0836. The molecule has 42 heavy (non-hydrogen) atoms. The van der Waals surface area contributed by atoms with Crippen LogP contribution in [0.5, 0.6) is 5.75 Å². The summed E-state index contributed by atoms with van der Waals surface area (Å²) in [6, 6.07) is 19.5. The van der Waals surface area contributed by atoms with E-state index in [0.29, 0.717) is 35.5 Å². The molecule has 2 N–H and O–H groups in total. The highest BCUT2D eigenvalue weighted by Crippen LogP contribution is 2.24. The Hall–Kier alpha value is -4.86. The molecule has 0 aliphatic rings. The molecule has 2 amide bonds. The predicted molar refractivity (Wildman–Crippen MR) is 162 cm³/mol. The lowest BCUT2D eigenvalue weighted by Crippen LogP contribution is -2.42. The number of hydrogen-bond donors (Lipinski definition) is 2. The van der Waals surface area contributed by atoms with Crippen molar-refractivity contribution in [1.29, 1.82) is 0 Å². The largest absolute Gasteiger partial charge is 0.497 e. The molecule has 4 rings (SSSR count). The van der Waals surface area contributed by atoms with Gasteiger partial charge in [0.2, 0.25) is 5.91 Å². The maximum atomic E-state index is 13.7. The molecule has 0 saturated carbocycles. The molecule has 0 radical (unpaired) electrons. The number of nitrogens with zero attached hydrogens (tertiary/aromatic N) is 2. The summed E-state index contributed by atoms with van der Waals surface area (Å²) in [4.78, 5) is 45.2. The number of carbonyl (C=O) groups excluding carboxylic acids is 2. The highest BCUT2D eigenvalue weighted by atomic mass is 16.6. The van der Waals surface area contributed by atoms with Crippen LogP contribution in [-0.2, 0) is 22.5 Å². The monoisotopic (exact) mass is 572 g/mol. The molecule has 0 unspecified atom stereocenters. The number of aryl methyl sites for hydroxylation is 1. The molecule has 220 valence electrons. The number of aromatic nitrogens is 1. The van der Waals surface area contributed by atoms with Crippen molar-refractivity contribution in [2.45, 2.75) is 52.3 Å². The smallest absolute Gasteiger partial charge is 0.412 e. The van der Waals surface area contributed by atoms with Gasteiger partial charge in [-0.3, -0.25) is 10.1 Å². The summed E-state index contributed by atoms with van der Waals surface area (Å²) in [5.41, 5.74) is 1.78. The van der Waals surface area contributed by atoms with Gasteiger partial charge in [0.1, 0.15) is 17.4 Å².